The third-order valence-corrected chi connectivity index (χ3v) is 3.46. The highest BCUT2D eigenvalue weighted by atomic mass is 16.6. The number of nitrogens with two attached hydrogens (primary N) is 1. The molecule has 1 atom stereocenters. The van der Waals surface area contributed by atoms with Crippen molar-refractivity contribution in [3.8, 4) is 11.5 Å². The minimum absolute atomic E-state index is 0.131. The fourth-order valence-electron chi connectivity index (χ4n) is 2.35. The number of rotatable bonds is 4. The van der Waals surface area contributed by atoms with Crippen LogP contribution in [0, 0.1) is 0 Å². The number of carbonyl (C=O) groups excluding carboxylic acids is 1. The van der Waals surface area contributed by atoms with Gasteiger partial charge in [0.2, 0.25) is 5.91 Å². The van der Waals surface area contributed by atoms with Crippen LogP contribution in [0.5, 0.6) is 11.5 Å². The van der Waals surface area contributed by atoms with Gasteiger partial charge in [-0.25, -0.2) is 0 Å². The lowest BCUT2D eigenvalue weighted by atomic mass is 10.0. The molecule has 0 bridgehead atoms. The molecule has 2 aromatic carbocycles. The Morgan fingerprint density at radius 1 is 1.09 bits per heavy atom. The molecule has 0 fully saturated rings. The van der Waals surface area contributed by atoms with Gasteiger partial charge in [-0.2, -0.15) is 0 Å². The summed E-state index contributed by atoms with van der Waals surface area (Å²) >= 11 is 0. The minimum Gasteiger partial charge on any atom is -0.486 e. The van der Waals surface area contributed by atoms with E-state index in [1.807, 2.05) is 30.3 Å². The Labute approximate surface area is 129 Å². The topological polar surface area (TPSA) is 73.6 Å². The monoisotopic (exact) mass is 298 g/mol. The number of hydrogen-bond donors (Lipinski definition) is 2. The molecule has 1 amide bonds. The second-order valence-electron chi connectivity index (χ2n) is 5.13. The molecular formula is C17H18N2O3. The summed E-state index contributed by atoms with van der Waals surface area (Å²) in [6, 6.07) is 14.6. The molecule has 0 radical (unpaired) electrons. The largest absolute Gasteiger partial charge is 0.486 e. The maximum absolute atomic E-state index is 12.1. The van der Waals surface area contributed by atoms with E-state index in [-0.39, 0.29) is 18.4 Å². The van der Waals surface area contributed by atoms with Crippen molar-refractivity contribution in [3.63, 3.8) is 0 Å². The van der Waals surface area contributed by atoms with E-state index in [0.29, 0.717) is 30.4 Å². The van der Waals surface area contributed by atoms with Gasteiger partial charge < -0.3 is 20.5 Å². The van der Waals surface area contributed by atoms with Gasteiger partial charge in [0.15, 0.2) is 11.5 Å². The highest BCUT2D eigenvalue weighted by Crippen LogP contribution is 2.32. The van der Waals surface area contributed by atoms with Gasteiger partial charge in [-0.3, -0.25) is 4.79 Å². The predicted molar refractivity (Wildman–Crippen MR) is 84.0 cm³/mol. The van der Waals surface area contributed by atoms with E-state index in [4.69, 9.17) is 15.2 Å². The number of carbonyl (C=O) groups is 1. The Morgan fingerprint density at radius 3 is 2.59 bits per heavy atom. The molecule has 22 heavy (non-hydrogen) atoms. The summed E-state index contributed by atoms with van der Waals surface area (Å²) in [5.74, 6) is 1.22. The molecule has 3 rings (SSSR count). The highest BCUT2D eigenvalue weighted by Gasteiger charge is 2.14. The molecule has 5 heteroatoms. The summed E-state index contributed by atoms with van der Waals surface area (Å²) in [4.78, 5) is 12.1. The summed E-state index contributed by atoms with van der Waals surface area (Å²) in [6.07, 6.45) is 0.221. The van der Waals surface area contributed by atoms with Gasteiger partial charge in [0.1, 0.15) is 13.2 Å². The molecule has 1 aliphatic rings. The molecule has 0 spiro atoms. The van der Waals surface area contributed by atoms with Crippen molar-refractivity contribution >= 4 is 11.6 Å². The van der Waals surface area contributed by atoms with Crippen LogP contribution >= 0.6 is 0 Å². The fraction of sp³-hybridized carbons (Fsp3) is 0.235. The van der Waals surface area contributed by atoms with Crippen LogP contribution in [0.4, 0.5) is 5.69 Å². The fourth-order valence-corrected chi connectivity index (χ4v) is 2.35. The first-order chi connectivity index (χ1) is 10.7. The van der Waals surface area contributed by atoms with Gasteiger partial charge in [-0.15, -0.1) is 0 Å². The number of fused-ring (bicyclic) bond motifs is 1. The molecule has 1 unspecified atom stereocenters. The first kappa shape index (κ1) is 14.4. The SMILES string of the molecule is NC(CC(=O)Nc1ccc2c(c1)OCCO2)c1ccccc1. The Kier molecular flexibility index (Phi) is 4.25. The molecule has 114 valence electrons. The van der Waals surface area contributed by atoms with E-state index in [2.05, 4.69) is 5.32 Å². The molecule has 1 heterocycles. The zero-order valence-corrected chi connectivity index (χ0v) is 12.1. The van der Waals surface area contributed by atoms with Gasteiger partial charge in [0, 0.05) is 24.2 Å². The summed E-state index contributed by atoms with van der Waals surface area (Å²) in [5, 5.41) is 2.84. The molecule has 0 saturated carbocycles. The molecule has 5 nitrogen and oxygen atoms in total. The van der Waals surface area contributed by atoms with Gasteiger partial charge in [-0.1, -0.05) is 30.3 Å². The number of anilines is 1. The smallest absolute Gasteiger partial charge is 0.226 e. The average molecular weight is 298 g/mol. The molecule has 0 aliphatic carbocycles. The summed E-state index contributed by atoms with van der Waals surface area (Å²) < 4.78 is 10.9. The Hall–Kier alpha value is -2.53. The van der Waals surface area contributed by atoms with Crippen LogP contribution in [-0.2, 0) is 4.79 Å². The Bertz CT molecular complexity index is 658. The van der Waals surface area contributed by atoms with Crippen molar-refractivity contribution in [2.75, 3.05) is 18.5 Å². The van der Waals surface area contributed by atoms with Gasteiger partial charge in [-0.05, 0) is 17.7 Å². The van der Waals surface area contributed by atoms with E-state index < -0.39 is 0 Å². The van der Waals surface area contributed by atoms with Crippen molar-refractivity contribution in [2.45, 2.75) is 12.5 Å². The van der Waals surface area contributed by atoms with Crippen LogP contribution in [0.25, 0.3) is 0 Å². The summed E-state index contributed by atoms with van der Waals surface area (Å²) in [5.41, 5.74) is 7.67. The van der Waals surface area contributed by atoms with Crippen LogP contribution < -0.4 is 20.5 Å². The lowest BCUT2D eigenvalue weighted by molar-refractivity contribution is -0.116. The third-order valence-electron chi connectivity index (χ3n) is 3.46. The summed E-state index contributed by atoms with van der Waals surface area (Å²) in [6.45, 7) is 1.06. The van der Waals surface area contributed by atoms with E-state index in [1.165, 1.54) is 0 Å². The number of ether oxygens (including phenoxy) is 2. The lowest BCUT2D eigenvalue weighted by Crippen LogP contribution is -2.21. The molecule has 3 N–H and O–H groups in total. The Balaban J connectivity index is 1.62. The van der Waals surface area contributed by atoms with Crippen molar-refractivity contribution in [1.82, 2.24) is 0 Å². The lowest BCUT2D eigenvalue weighted by Gasteiger charge is -2.19. The van der Waals surface area contributed by atoms with Crippen molar-refractivity contribution < 1.29 is 14.3 Å². The quantitative estimate of drug-likeness (QED) is 0.909. The second-order valence-corrected chi connectivity index (χ2v) is 5.13. The molecule has 0 saturated heterocycles. The van der Waals surface area contributed by atoms with Crippen molar-refractivity contribution in [3.05, 3.63) is 54.1 Å². The van der Waals surface area contributed by atoms with E-state index in [1.54, 1.807) is 18.2 Å². The van der Waals surface area contributed by atoms with Crippen LogP contribution in [-0.4, -0.2) is 19.1 Å². The first-order valence-corrected chi connectivity index (χ1v) is 7.22. The standard InChI is InChI=1S/C17H18N2O3/c18-14(12-4-2-1-3-5-12)11-17(20)19-13-6-7-15-16(10-13)22-9-8-21-15/h1-7,10,14H,8-9,11,18H2,(H,19,20). The van der Waals surface area contributed by atoms with Crippen LogP contribution in [0.3, 0.4) is 0 Å². The van der Waals surface area contributed by atoms with Gasteiger partial charge in [0.25, 0.3) is 0 Å². The van der Waals surface area contributed by atoms with E-state index in [9.17, 15) is 4.79 Å². The normalized spacial score (nSPS) is 14.2. The van der Waals surface area contributed by atoms with Gasteiger partial charge in [0.05, 0.1) is 0 Å². The number of amides is 1. The Morgan fingerprint density at radius 2 is 1.82 bits per heavy atom. The molecular weight excluding hydrogens is 280 g/mol. The van der Waals surface area contributed by atoms with E-state index >= 15 is 0 Å². The van der Waals surface area contributed by atoms with Gasteiger partial charge >= 0.3 is 0 Å². The van der Waals surface area contributed by atoms with Crippen molar-refractivity contribution in [1.29, 1.82) is 0 Å². The molecule has 0 aromatic heterocycles. The maximum atomic E-state index is 12.1. The van der Waals surface area contributed by atoms with Crippen LogP contribution in [0.15, 0.2) is 48.5 Å². The molecule has 1 aliphatic heterocycles. The zero-order chi connectivity index (χ0) is 15.4. The van der Waals surface area contributed by atoms with Crippen LogP contribution in [0.2, 0.25) is 0 Å². The maximum Gasteiger partial charge on any atom is 0.226 e. The average Bonchev–Trinajstić information content (AvgIpc) is 2.55. The second kappa shape index (κ2) is 6.49. The number of benzene rings is 2. The third kappa shape index (κ3) is 3.38. The van der Waals surface area contributed by atoms with Crippen LogP contribution in [0.1, 0.15) is 18.0 Å². The zero-order valence-electron chi connectivity index (χ0n) is 12.1. The minimum atomic E-state index is -0.321. The highest BCUT2D eigenvalue weighted by molar-refractivity contribution is 5.91. The number of hydrogen-bond acceptors (Lipinski definition) is 4. The number of nitrogens with one attached hydrogen (secondary N) is 1. The van der Waals surface area contributed by atoms with Crippen molar-refractivity contribution in [2.24, 2.45) is 5.73 Å². The van der Waals surface area contributed by atoms with E-state index in [0.717, 1.165) is 5.56 Å². The first-order valence-electron chi connectivity index (χ1n) is 7.22. The predicted octanol–water partition coefficient (Wildman–Crippen LogP) is 2.49. The summed E-state index contributed by atoms with van der Waals surface area (Å²) in [7, 11) is 0. The molecule has 2 aromatic rings.